The number of rotatable bonds is 0. The summed E-state index contributed by atoms with van der Waals surface area (Å²) in [7, 11) is 0. The first-order valence-corrected chi connectivity index (χ1v) is 4.29. The second-order valence-corrected chi connectivity index (χ2v) is 3.76. The summed E-state index contributed by atoms with van der Waals surface area (Å²) >= 11 is 1.63. The van der Waals surface area contributed by atoms with Gasteiger partial charge >= 0.3 is 0 Å². The van der Waals surface area contributed by atoms with E-state index >= 15 is 0 Å². The van der Waals surface area contributed by atoms with Crippen LogP contribution in [0.15, 0.2) is 0 Å². The van der Waals surface area contributed by atoms with Gasteiger partial charge in [-0.3, -0.25) is 0 Å². The van der Waals surface area contributed by atoms with Gasteiger partial charge in [0.1, 0.15) is 5.01 Å². The molecule has 0 atom stereocenters. The topological polar surface area (TPSA) is 30.2 Å². The lowest BCUT2D eigenvalue weighted by Crippen LogP contribution is -1.87. The van der Waals surface area contributed by atoms with E-state index in [0.29, 0.717) is 0 Å². The molecule has 2 rings (SSSR count). The molecule has 0 saturated heterocycles. The molecule has 0 saturated carbocycles. The van der Waals surface area contributed by atoms with Crippen molar-refractivity contribution in [3.8, 4) is 0 Å². The van der Waals surface area contributed by atoms with E-state index in [1.54, 1.807) is 11.3 Å². The first kappa shape index (κ1) is 6.79. The first-order chi connectivity index (χ1) is 5.18. The number of fused-ring (bicyclic) bond motifs is 1. The molecule has 0 spiro atoms. The van der Waals surface area contributed by atoms with E-state index in [1.807, 2.05) is 25.3 Å². The third-order valence-corrected chi connectivity index (χ3v) is 2.59. The van der Waals surface area contributed by atoms with Gasteiger partial charge in [-0.2, -0.15) is 5.10 Å². The highest BCUT2D eigenvalue weighted by molar-refractivity contribution is 7.16. The molecule has 2 heterocycles. The number of hydrogen-bond donors (Lipinski definition) is 0. The quantitative estimate of drug-likeness (QED) is 0.598. The molecule has 11 heavy (non-hydrogen) atoms. The molecule has 3 nitrogen and oxygen atoms in total. The minimum atomic E-state index is 0.998. The first-order valence-electron chi connectivity index (χ1n) is 3.48. The van der Waals surface area contributed by atoms with Gasteiger partial charge in [0, 0.05) is 0 Å². The maximum Gasteiger partial charge on any atom is 0.212 e. The van der Waals surface area contributed by atoms with Gasteiger partial charge in [-0.05, 0) is 20.8 Å². The van der Waals surface area contributed by atoms with Crippen molar-refractivity contribution >= 4 is 16.3 Å². The molecule has 0 unspecified atom stereocenters. The second kappa shape index (κ2) is 2.04. The summed E-state index contributed by atoms with van der Waals surface area (Å²) in [6.07, 6.45) is 0. The minimum Gasteiger partial charge on any atom is -0.223 e. The molecule has 0 fully saturated rings. The Morgan fingerprint density at radius 2 is 2.00 bits per heavy atom. The van der Waals surface area contributed by atoms with Gasteiger partial charge < -0.3 is 0 Å². The molecular weight excluding hydrogens is 158 g/mol. The van der Waals surface area contributed by atoms with Gasteiger partial charge in [-0.15, -0.1) is 0 Å². The van der Waals surface area contributed by atoms with E-state index in [2.05, 4.69) is 10.1 Å². The molecule has 58 valence electrons. The van der Waals surface area contributed by atoms with Crippen molar-refractivity contribution in [1.29, 1.82) is 0 Å². The molecule has 4 heteroatoms. The Kier molecular flexibility index (Phi) is 1.26. The van der Waals surface area contributed by atoms with Crippen LogP contribution in [0.3, 0.4) is 0 Å². The summed E-state index contributed by atoms with van der Waals surface area (Å²) in [4.78, 5) is 5.35. The molecule has 0 aliphatic heterocycles. The Morgan fingerprint density at radius 1 is 1.27 bits per heavy atom. The third kappa shape index (κ3) is 0.860. The molecular formula is C7H9N3S. The van der Waals surface area contributed by atoms with Crippen molar-refractivity contribution in [3.63, 3.8) is 0 Å². The SMILES string of the molecule is Cc1nn2c(C)c(C)nc2s1. The van der Waals surface area contributed by atoms with Gasteiger partial charge in [-0.1, -0.05) is 11.3 Å². The Bertz CT molecular complexity index is 399. The molecule has 0 aliphatic rings. The largest absolute Gasteiger partial charge is 0.223 e. The Hall–Kier alpha value is -0.900. The molecule has 0 radical (unpaired) electrons. The van der Waals surface area contributed by atoms with Crippen LogP contribution in [-0.4, -0.2) is 14.6 Å². The summed E-state index contributed by atoms with van der Waals surface area (Å²) in [6.45, 7) is 6.04. The number of nitrogens with zero attached hydrogens (tertiary/aromatic N) is 3. The maximum absolute atomic E-state index is 4.35. The highest BCUT2D eigenvalue weighted by Gasteiger charge is 2.06. The Morgan fingerprint density at radius 3 is 2.64 bits per heavy atom. The van der Waals surface area contributed by atoms with Gasteiger partial charge in [-0.25, -0.2) is 9.50 Å². The van der Waals surface area contributed by atoms with E-state index in [4.69, 9.17) is 0 Å². The van der Waals surface area contributed by atoms with E-state index in [9.17, 15) is 0 Å². The lowest BCUT2D eigenvalue weighted by Gasteiger charge is -1.85. The number of imidazole rings is 1. The zero-order valence-electron chi connectivity index (χ0n) is 6.75. The normalized spacial score (nSPS) is 11.2. The Labute approximate surface area is 68.7 Å². The van der Waals surface area contributed by atoms with Crippen molar-refractivity contribution in [3.05, 3.63) is 16.4 Å². The van der Waals surface area contributed by atoms with E-state index in [-0.39, 0.29) is 0 Å². The summed E-state index contributed by atoms with van der Waals surface area (Å²) in [5.41, 5.74) is 2.22. The molecule has 0 aliphatic carbocycles. The highest BCUT2D eigenvalue weighted by Crippen LogP contribution is 2.16. The number of aryl methyl sites for hydroxylation is 3. The fourth-order valence-corrected chi connectivity index (χ4v) is 1.88. The van der Waals surface area contributed by atoms with Crippen molar-refractivity contribution in [1.82, 2.24) is 14.6 Å². The average Bonchev–Trinajstić information content (AvgIpc) is 2.37. The standard InChI is InChI=1S/C7H9N3S/c1-4-5(2)10-7(8-4)11-6(3)9-10/h1-3H3. The highest BCUT2D eigenvalue weighted by atomic mass is 32.1. The van der Waals surface area contributed by atoms with Gasteiger partial charge in [0.05, 0.1) is 11.4 Å². The van der Waals surface area contributed by atoms with E-state index in [0.717, 1.165) is 21.4 Å². The molecule has 2 aromatic heterocycles. The van der Waals surface area contributed by atoms with Crippen LogP contribution in [0, 0.1) is 20.8 Å². The summed E-state index contributed by atoms with van der Waals surface area (Å²) in [5, 5.41) is 5.37. The van der Waals surface area contributed by atoms with Crippen molar-refractivity contribution in [2.45, 2.75) is 20.8 Å². The van der Waals surface area contributed by atoms with Crippen LogP contribution < -0.4 is 0 Å². The van der Waals surface area contributed by atoms with Crippen LogP contribution in [-0.2, 0) is 0 Å². The predicted molar refractivity (Wildman–Crippen MR) is 45.1 cm³/mol. The molecule has 0 bridgehead atoms. The average molecular weight is 167 g/mol. The van der Waals surface area contributed by atoms with Crippen LogP contribution >= 0.6 is 11.3 Å². The van der Waals surface area contributed by atoms with Crippen molar-refractivity contribution < 1.29 is 0 Å². The summed E-state index contributed by atoms with van der Waals surface area (Å²) in [6, 6.07) is 0. The van der Waals surface area contributed by atoms with Crippen molar-refractivity contribution in [2.24, 2.45) is 0 Å². The zero-order chi connectivity index (χ0) is 8.01. The van der Waals surface area contributed by atoms with E-state index in [1.165, 1.54) is 0 Å². The third-order valence-electron chi connectivity index (χ3n) is 1.77. The number of aromatic nitrogens is 3. The summed E-state index contributed by atoms with van der Waals surface area (Å²) < 4.78 is 1.90. The van der Waals surface area contributed by atoms with Gasteiger partial charge in [0.25, 0.3) is 0 Å². The zero-order valence-corrected chi connectivity index (χ0v) is 7.57. The van der Waals surface area contributed by atoms with E-state index < -0.39 is 0 Å². The van der Waals surface area contributed by atoms with Crippen LogP contribution in [0.5, 0.6) is 0 Å². The minimum absolute atomic E-state index is 0.998. The van der Waals surface area contributed by atoms with Crippen LogP contribution in [0.4, 0.5) is 0 Å². The fourth-order valence-electron chi connectivity index (χ4n) is 1.05. The maximum atomic E-state index is 4.35. The summed E-state index contributed by atoms with van der Waals surface area (Å²) in [5.74, 6) is 0. The van der Waals surface area contributed by atoms with Gasteiger partial charge in [0.15, 0.2) is 0 Å². The van der Waals surface area contributed by atoms with Crippen LogP contribution in [0.25, 0.3) is 4.96 Å². The number of hydrogen-bond acceptors (Lipinski definition) is 3. The fraction of sp³-hybridized carbons (Fsp3) is 0.429. The van der Waals surface area contributed by atoms with Crippen molar-refractivity contribution in [2.75, 3.05) is 0 Å². The monoisotopic (exact) mass is 167 g/mol. The molecule has 0 N–H and O–H groups in total. The lowest BCUT2D eigenvalue weighted by molar-refractivity contribution is 0.903. The second-order valence-electron chi connectivity index (χ2n) is 2.60. The molecule has 2 aromatic rings. The van der Waals surface area contributed by atoms with Crippen LogP contribution in [0.2, 0.25) is 0 Å². The van der Waals surface area contributed by atoms with Gasteiger partial charge in [0.2, 0.25) is 4.96 Å². The predicted octanol–water partition coefficient (Wildman–Crippen LogP) is 1.72. The Balaban J connectivity index is 2.88. The lowest BCUT2D eigenvalue weighted by atomic mass is 10.4. The van der Waals surface area contributed by atoms with Crippen LogP contribution in [0.1, 0.15) is 16.4 Å². The molecule has 0 amide bonds. The molecule has 0 aromatic carbocycles. The smallest absolute Gasteiger partial charge is 0.212 e.